The summed E-state index contributed by atoms with van der Waals surface area (Å²) in [5.74, 6) is -0.127. The molecule has 0 aliphatic heterocycles. The van der Waals surface area contributed by atoms with Gasteiger partial charge in [0.2, 0.25) is 5.91 Å². The van der Waals surface area contributed by atoms with E-state index in [4.69, 9.17) is 0 Å². The number of aryl methyl sites for hydroxylation is 1. The first-order valence-electron chi connectivity index (χ1n) is 5.49. The maximum absolute atomic E-state index is 11.0. The van der Waals surface area contributed by atoms with Gasteiger partial charge < -0.3 is 5.32 Å². The van der Waals surface area contributed by atoms with Crippen molar-refractivity contribution < 1.29 is 9.59 Å². The molecule has 1 heterocycles. The third kappa shape index (κ3) is 2.45. The van der Waals surface area contributed by atoms with Gasteiger partial charge in [-0.3, -0.25) is 9.59 Å². The average Bonchev–Trinajstić information content (AvgIpc) is 2.70. The van der Waals surface area contributed by atoms with Crippen LogP contribution in [0.5, 0.6) is 0 Å². The van der Waals surface area contributed by atoms with Crippen LogP contribution in [-0.2, 0) is 4.79 Å². The molecule has 1 amide bonds. The van der Waals surface area contributed by atoms with E-state index >= 15 is 0 Å². The van der Waals surface area contributed by atoms with Gasteiger partial charge in [0.15, 0.2) is 6.29 Å². The molecule has 1 aromatic carbocycles. The molecule has 0 aliphatic rings. The Morgan fingerprint density at radius 3 is 2.83 bits per heavy atom. The summed E-state index contributed by atoms with van der Waals surface area (Å²) in [6, 6.07) is 7.26. The summed E-state index contributed by atoms with van der Waals surface area (Å²) in [4.78, 5) is 21.8. The largest absolute Gasteiger partial charge is 0.326 e. The highest BCUT2D eigenvalue weighted by atomic mass is 16.1. The molecule has 2 aromatic rings. The Morgan fingerprint density at radius 1 is 1.44 bits per heavy atom. The van der Waals surface area contributed by atoms with Crippen LogP contribution in [0.15, 0.2) is 30.5 Å². The molecule has 1 aromatic heterocycles. The first-order valence-corrected chi connectivity index (χ1v) is 5.49. The maximum Gasteiger partial charge on any atom is 0.221 e. The standard InChI is InChI=1S/C13H13N3O2/c1-9-11(8-17)7-16(15-9)13-5-3-4-12(6-13)14-10(2)18/h3-8H,1-2H3,(H,14,18). The predicted octanol–water partition coefficient (Wildman–Crippen LogP) is 1.95. The number of nitrogens with one attached hydrogen (secondary N) is 1. The van der Waals surface area contributed by atoms with Crippen molar-refractivity contribution in [3.8, 4) is 5.69 Å². The summed E-state index contributed by atoms with van der Waals surface area (Å²) in [5.41, 5.74) is 2.72. The van der Waals surface area contributed by atoms with E-state index in [0.29, 0.717) is 16.9 Å². The molecule has 92 valence electrons. The number of carbonyl (C=O) groups is 2. The molecule has 2 rings (SSSR count). The minimum atomic E-state index is -0.127. The fourth-order valence-electron chi connectivity index (χ4n) is 1.65. The molecule has 0 spiro atoms. The van der Waals surface area contributed by atoms with Gasteiger partial charge in [-0.2, -0.15) is 5.10 Å². The van der Waals surface area contributed by atoms with Crippen LogP contribution >= 0.6 is 0 Å². The Labute approximate surface area is 104 Å². The van der Waals surface area contributed by atoms with Crippen molar-refractivity contribution in [1.29, 1.82) is 0 Å². The molecular formula is C13H13N3O2. The van der Waals surface area contributed by atoms with Gasteiger partial charge in [-0.25, -0.2) is 4.68 Å². The zero-order chi connectivity index (χ0) is 13.1. The monoisotopic (exact) mass is 243 g/mol. The molecule has 5 heteroatoms. The molecule has 0 radical (unpaired) electrons. The number of hydrogen-bond acceptors (Lipinski definition) is 3. The minimum absolute atomic E-state index is 0.127. The SMILES string of the molecule is CC(=O)Nc1cccc(-n2cc(C=O)c(C)n2)c1. The van der Waals surface area contributed by atoms with Crippen molar-refractivity contribution in [2.45, 2.75) is 13.8 Å². The molecule has 0 unspecified atom stereocenters. The summed E-state index contributed by atoms with van der Waals surface area (Å²) >= 11 is 0. The van der Waals surface area contributed by atoms with E-state index in [1.54, 1.807) is 29.9 Å². The van der Waals surface area contributed by atoms with Gasteiger partial charge in [0, 0.05) is 18.8 Å². The van der Waals surface area contributed by atoms with Crippen molar-refractivity contribution in [2.75, 3.05) is 5.32 Å². The van der Waals surface area contributed by atoms with Crippen LogP contribution < -0.4 is 5.32 Å². The first-order chi connectivity index (χ1) is 8.60. The lowest BCUT2D eigenvalue weighted by atomic mass is 10.2. The lowest BCUT2D eigenvalue weighted by molar-refractivity contribution is -0.114. The topological polar surface area (TPSA) is 64.0 Å². The van der Waals surface area contributed by atoms with E-state index in [1.165, 1.54) is 6.92 Å². The zero-order valence-corrected chi connectivity index (χ0v) is 10.2. The van der Waals surface area contributed by atoms with E-state index in [0.717, 1.165) is 12.0 Å². The van der Waals surface area contributed by atoms with Gasteiger partial charge in [-0.05, 0) is 25.1 Å². The van der Waals surface area contributed by atoms with Crippen molar-refractivity contribution in [2.24, 2.45) is 0 Å². The second-order valence-corrected chi connectivity index (χ2v) is 3.96. The van der Waals surface area contributed by atoms with Gasteiger partial charge in [0.05, 0.1) is 16.9 Å². The third-order valence-corrected chi connectivity index (χ3v) is 2.49. The number of hydrogen-bond donors (Lipinski definition) is 1. The number of amides is 1. The van der Waals surface area contributed by atoms with Crippen molar-refractivity contribution in [3.63, 3.8) is 0 Å². The summed E-state index contributed by atoms with van der Waals surface area (Å²) in [7, 11) is 0. The van der Waals surface area contributed by atoms with Crippen LogP contribution in [0.25, 0.3) is 5.69 Å². The van der Waals surface area contributed by atoms with E-state index < -0.39 is 0 Å². The molecule has 0 fully saturated rings. The highest BCUT2D eigenvalue weighted by Gasteiger charge is 2.06. The Hall–Kier alpha value is -2.43. The molecule has 18 heavy (non-hydrogen) atoms. The van der Waals surface area contributed by atoms with Crippen LogP contribution in [0.1, 0.15) is 23.0 Å². The van der Waals surface area contributed by atoms with Gasteiger partial charge in [0.1, 0.15) is 0 Å². The summed E-state index contributed by atoms with van der Waals surface area (Å²) < 4.78 is 1.62. The summed E-state index contributed by atoms with van der Waals surface area (Å²) in [5, 5.41) is 6.95. The van der Waals surface area contributed by atoms with E-state index in [1.807, 2.05) is 12.1 Å². The Morgan fingerprint density at radius 2 is 2.22 bits per heavy atom. The van der Waals surface area contributed by atoms with Gasteiger partial charge in [0.25, 0.3) is 0 Å². The lowest BCUT2D eigenvalue weighted by Gasteiger charge is -2.05. The number of nitrogens with zero attached hydrogens (tertiary/aromatic N) is 2. The van der Waals surface area contributed by atoms with Gasteiger partial charge in [-0.1, -0.05) is 6.07 Å². The molecule has 5 nitrogen and oxygen atoms in total. The van der Waals surface area contributed by atoms with Crippen LogP contribution in [0, 0.1) is 6.92 Å². The van der Waals surface area contributed by atoms with Crippen LogP contribution in [0.3, 0.4) is 0 Å². The fourth-order valence-corrected chi connectivity index (χ4v) is 1.65. The Bertz CT molecular complexity index is 602. The maximum atomic E-state index is 11.0. The van der Waals surface area contributed by atoms with Gasteiger partial charge >= 0.3 is 0 Å². The summed E-state index contributed by atoms with van der Waals surface area (Å²) in [6.07, 6.45) is 2.44. The number of benzene rings is 1. The molecule has 1 N–H and O–H groups in total. The molecule has 0 saturated heterocycles. The smallest absolute Gasteiger partial charge is 0.221 e. The van der Waals surface area contributed by atoms with Crippen molar-refractivity contribution >= 4 is 17.9 Å². The quantitative estimate of drug-likeness (QED) is 0.838. The fraction of sp³-hybridized carbons (Fsp3) is 0.154. The molecule has 0 bridgehead atoms. The highest BCUT2D eigenvalue weighted by molar-refractivity contribution is 5.88. The van der Waals surface area contributed by atoms with E-state index in [-0.39, 0.29) is 5.91 Å². The molecule has 0 aliphatic carbocycles. The third-order valence-electron chi connectivity index (χ3n) is 2.49. The molecule has 0 atom stereocenters. The second-order valence-electron chi connectivity index (χ2n) is 3.96. The van der Waals surface area contributed by atoms with Crippen LogP contribution in [0.4, 0.5) is 5.69 Å². The zero-order valence-electron chi connectivity index (χ0n) is 10.2. The van der Waals surface area contributed by atoms with E-state index in [2.05, 4.69) is 10.4 Å². The van der Waals surface area contributed by atoms with Crippen molar-refractivity contribution in [1.82, 2.24) is 9.78 Å². The first kappa shape index (κ1) is 12.0. The summed E-state index contributed by atoms with van der Waals surface area (Å²) in [6.45, 7) is 3.23. The van der Waals surface area contributed by atoms with Crippen molar-refractivity contribution in [3.05, 3.63) is 41.7 Å². The Balaban J connectivity index is 2.37. The van der Waals surface area contributed by atoms with Gasteiger partial charge in [-0.15, -0.1) is 0 Å². The minimum Gasteiger partial charge on any atom is -0.326 e. The number of anilines is 1. The molecule has 0 saturated carbocycles. The Kier molecular flexibility index (Phi) is 3.23. The lowest BCUT2D eigenvalue weighted by Crippen LogP contribution is -2.06. The highest BCUT2D eigenvalue weighted by Crippen LogP contribution is 2.15. The number of aldehydes is 1. The van der Waals surface area contributed by atoms with E-state index in [9.17, 15) is 9.59 Å². The second kappa shape index (κ2) is 4.83. The van der Waals surface area contributed by atoms with Crippen LogP contribution in [0.2, 0.25) is 0 Å². The normalized spacial score (nSPS) is 10.1. The number of aromatic nitrogens is 2. The molecular weight excluding hydrogens is 230 g/mol. The average molecular weight is 243 g/mol. The number of rotatable bonds is 3. The number of carbonyl (C=O) groups excluding carboxylic acids is 2. The van der Waals surface area contributed by atoms with Crippen LogP contribution in [-0.4, -0.2) is 22.0 Å². The predicted molar refractivity (Wildman–Crippen MR) is 68.0 cm³/mol.